The van der Waals surface area contributed by atoms with Gasteiger partial charge in [-0.3, -0.25) is 9.59 Å². The average molecular weight is 508 g/mol. The molecule has 2 aliphatic heterocycles. The van der Waals surface area contributed by atoms with Crippen molar-refractivity contribution in [3.63, 3.8) is 0 Å². The summed E-state index contributed by atoms with van der Waals surface area (Å²) in [5.74, 6) is -3.07. The predicted molar refractivity (Wildman–Crippen MR) is 112 cm³/mol. The van der Waals surface area contributed by atoms with Crippen LogP contribution in [0, 0.1) is 11.7 Å². The van der Waals surface area contributed by atoms with Crippen LogP contribution in [0.25, 0.3) is 10.9 Å². The smallest absolute Gasteiger partial charge is 0.349 e. The molecule has 0 spiro atoms. The second-order valence-electron chi connectivity index (χ2n) is 7.87. The lowest BCUT2D eigenvalue weighted by atomic mass is 9.92. The lowest BCUT2D eigenvalue weighted by molar-refractivity contribution is -0.178. The van der Waals surface area contributed by atoms with Crippen LogP contribution in [0.4, 0.5) is 17.6 Å². The number of hydrogen-bond donors (Lipinski definition) is 2. The fourth-order valence-electron chi connectivity index (χ4n) is 4.15. The summed E-state index contributed by atoms with van der Waals surface area (Å²) in [4.78, 5) is 31.4. The molecule has 0 unspecified atom stereocenters. The summed E-state index contributed by atoms with van der Waals surface area (Å²) in [5.41, 5.74) is 0.429. The number of nitrogens with zero attached hydrogens (tertiary/aromatic N) is 2. The third kappa shape index (κ3) is 3.68. The Labute approximate surface area is 193 Å². The number of benzene rings is 1. The van der Waals surface area contributed by atoms with E-state index in [4.69, 9.17) is 23.2 Å². The van der Waals surface area contributed by atoms with E-state index >= 15 is 0 Å². The number of amides is 2. The molecule has 0 saturated carbocycles. The molecular formula is C19H17Cl2F4N4O2Si. The Bertz CT molecular complexity index is 1090. The van der Waals surface area contributed by atoms with Crippen LogP contribution in [-0.4, -0.2) is 82.3 Å². The van der Waals surface area contributed by atoms with Gasteiger partial charge < -0.3 is 20.1 Å². The van der Waals surface area contributed by atoms with Gasteiger partial charge in [-0.1, -0.05) is 23.2 Å². The predicted octanol–water partition coefficient (Wildman–Crippen LogP) is 3.01. The van der Waals surface area contributed by atoms with E-state index in [0.717, 1.165) is 6.07 Å². The number of halogens is 6. The molecule has 3 heterocycles. The van der Waals surface area contributed by atoms with Gasteiger partial charge in [0.15, 0.2) is 0 Å². The number of H-pyrrole nitrogens is 1. The standard InChI is InChI=1S/C19H17Cl2F4N4O2Si/c20-13-10(22)1-2-11-12(13)14(21)15(27-11)17(31)29-5-3-28(4-6-29)16(30)9-7-26-8-18(9,32)19(23,24)25/h1-2,9,26-27H,3-8H2/t9-,18-/m0/s1. The first kappa shape index (κ1) is 23.3. The fourth-order valence-corrected chi connectivity index (χ4v) is 5.13. The van der Waals surface area contributed by atoms with E-state index in [2.05, 4.69) is 20.5 Å². The maximum absolute atomic E-state index is 13.8. The number of alkyl halides is 3. The van der Waals surface area contributed by atoms with E-state index in [-0.39, 0.29) is 53.8 Å². The Morgan fingerprint density at radius 1 is 1.09 bits per heavy atom. The molecule has 0 aliphatic carbocycles. The summed E-state index contributed by atoms with van der Waals surface area (Å²) in [5, 5.41) is 0.275. The van der Waals surface area contributed by atoms with Gasteiger partial charge in [0.25, 0.3) is 5.91 Å². The van der Waals surface area contributed by atoms with E-state index in [1.54, 1.807) is 0 Å². The van der Waals surface area contributed by atoms with Gasteiger partial charge in [-0.2, -0.15) is 13.2 Å². The second-order valence-corrected chi connectivity index (χ2v) is 9.52. The van der Waals surface area contributed by atoms with Crippen molar-refractivity contribution in [2.24, 2.45) is 5.92 Å². The van der Waals surface area contributed by atoms with E-state index in [0.29, 0.717) is 5.52 Å². The monoisotopic (exact) mass is 507 g/mol. The van der Waals surface area contributed by atoms with Gasteiger partial charge in [-0.05, 0) is 12.1 Å². The number of nitrogens with one attached hydrogen (secondary N) is 2. The number of carbonyl (C=O) groups is 2. The fraction of sp³-hybridized carbons (Fsp3) is 0.474. The van der Waals surface area contributed by atoms with Gasteiger partial charge >= 0.3 is 6.18 Å². The highest BCUT2D eigenvalue weighted by Crippen LogP contribution is 2.50. The zero-order chi connectivity index (χ0) is 23.4. The molecule has 2 N–H and O–H groups in total. The second kappa shape index (κ2) is 8.19. The van der Waals surface area contributed by atoms with Crippen LogP contribution in [0.1, 0.15) is 10.5 Å². The van der Waals surface area contributed by atoms with E-state index in [9.17, 15) is 27.2 Å². The van der Waals surface area contributed by atoms with Crippen molar-refractivity contribution < 1.29 is 27.2 Å². The maximum atomic E-state index is 13.8. The molecule has 13 heteroatoms. The molecule has 2 atom stereocenters. The van der Waals surface area contributed by atoms with E-state index in [1.807, 2.05) is 0 Å². The van der Waals surface area contributed by atoms with Gasteiger partial charge in [0, 0.05) is 60.4 Å². The van der Waals surface area contributed by atoms with Crippen LogP contribution in [0.15, 0.2) is 12.1 Å². The number of fused-ring (bicyclic) bond motifs is 1. The van der Waals surface area contributed by atoms with Crippen LogP contribution in [0.5, 0.6) is 0 Å². The van der Waals surface area contributed by atoms with Crippen molar-refractivity contribution in [2.75, 3.05) is 39.3 Å². The van der Waals surface area contributed by atoms with Gasteiger partial charge in [-0.15, -0.1) is 0 Å². The number of carbonyl (C=O) groups excluding carboxylic acids is 2. The van der Waals surface area contributed by atoms with Crippen molar-refractivity contribution in [1.82, 2.24) is 20.1 Å². The quantitative estimate of drug-likeness (QED) is 0.485. The number of rotatable bonds is 2. The zero-order valence-electron chi connectivity index (χ0n) is 16.5. The minimum atomic E-state index is -4.60. The summed E-state index contributed by atoms with van der Waals surface area (Å²) < 4.78 is 54.2. The molecular weight excluding hydrogens is 491 g/mol. The topological polar surface area (TPSA) is 68.4 Å². The summed E-state index contributed by atoms with van der Waals surface area (Å²) >= 11 is 12.2. The minimum Gasteiger partial charge on any atom is -0.349 e. The SMILES string of the molecule is O=C(c1[nH]c2ccc(F)c(Cl)c2c1Cl)N1CCN(C(=O)[C@@H]2CNC[C@@]2([Si])C(F)(F)F)CC1. The Hall–Kier alpha value is -1.82. The molecule has 2 aliphatic rings. The molecule has 6 nitrogen and oxygen atoms in total. The van der Waals surface area contributed by atoms with Crippen molar-refractivity contribution in [2.45, 2.75) is 11.2 Å². The molecule has 32 heavy (non-hydrogen) atoms. The molecule has 2 fully saturated rings. The molecule has 2 saturated heterocycles. The van der Waals surface area contributed by atoms with Gasteiger partial charge in [0.1, 0.15) is 11.5 Å². The number of aromatic amines is 1. The first-order chi connectivity index (χ1) is 15.0. The highest BCUT2D eigenvalue weighted by molar-refractivity contribution is 6.44. The van der Waals surface area contributed by atoms with Gasteiger partial charge in [-0.25, -0.2) is 4.39 Å². The summed E-state index contributed by atoms with van der Waals surface area (Å²) in [7, 11) is 2.81. The lowest BCUT2D eigenvalue weighted by Gasteiger charge is -2.39. The molecule has 171 valence electrons. The van der Waals surface area contributed by atoms with E-state index < -0.39 is 41.3 Å². The molecule has 2 aromatic rings. The van der Waals surface area contributed by atoms with Crippen molar-refractivity contribution in [3.8, 4) is 0 Å². The van der Waals surface area contributed by atoms with Crippen LogP contribution < -0.4 is 5.32 Å². The van der Waals surface area contributed by atoms with Crippen molar-refractivity contribution >= 4 is 56.2 Å². The Morgan fingerprint density at radius 2 is 1.72 bits per heavy atom. The summed E-state index contributed by atoms with van der Waals surface area (Å²) in [6.07, 6.45) is -4.60. The van der Waals surface area contributed by atoms with Crippen LogP contribution in [-0.2, 0) is 4.79 Å². The Balaban J connectivity index is 1.47. The minimum absolute atomic E-state index is 0.0148. The van der Waals surface area contributed by atoms with E-state index in [1.165, 1.54) is 15.9 Å². The first-order valence-electron chi connectivity index (χ1n) is 9.71. The third-order valence-electron chi connectivity index (χ3n) is 6.04. The average Bonchev–Trinajstić information content (AvgIpc) is 3.31. The van der Waals surface area contributed by atoms with Gasteiger partial charge in [0.2, 0.25) is 5.91 Å². The number of piperazine rings is 1. The molecule has 4 rings (SSSR count). The van der Waals surface area contributed by atoms with Crippen molar-refractivity contribution in [3.05, 3.63) is 33.7 Å². The van der Waals surface area contributed by atoms with Crippen LogP contribution in [0.2, 0.25) is 15.1 Å². The van der Waals surface area contributed by atoms with Crippen LogP contribution >= 0.6 is 23.2 Å². The first-order valence-corrected chi connectivity index (χ1v) is 11.0. The largest absolute Gasteiger partial charge is 0.393 e. The molecule has 3 radical (unpaired) electrons. The van der Waals surface area contributed by atoms with Crippen molar-refractivity contribution in [1.29, 1.82) is 0 Å². The molecule has 0 bridgehead atoms. The molecule has 2 amide bonds. The normalized spacial score (nSPS) is 24.4. The zero-order valence-corrected chi connectivity index (χ0v) is 19.0. The Morgan fingerprint density at radius 3 is 2.34 bits per heavy atom. The highest BCUT2D eigenvalue weighted by Gasteiger charge is 2.60. The summed E-state index contributed by atoms with van der Waals surface area (Å²) in [6.45, 7) is -0.116. The molecule has 1 aromatic carbocycles. The summed E-state index contributed by atoms with van der Waals surface area (Å²) in [6, 6.07) is 2.57. The number of hydrogen-bond acceptors (Lipinski definition) is 3. The Kier molecular flexibility index (Phi) is 5.97. The number of aromatic nitrogens is 1. The maximum Gasteiger partial charge on any atom is 0.393 e. The lowest BCUT2D eigenvalue weighted by Crippen LogP contribution is -2.54. The molecule has 1 aromatic heterocycles. The third-order valence-corrected chi connectivity index (χ3v) is 7.59. The van der Waals surface area contributed by atoms with Crippen LogP contribution in [0.3, 0.4) is 0 Å². The highest BCUT2D eigenvalue weighted by atomic mass is 35.5. The van der Waals surface area contributed by atoms with Gasteiger partial charge in [0.05, 0.1) is 21.0 Å².